The molecule has 0 spiro atoms. The quantitative estimate of drug-likeness (QED) is 0.821. The summed E-state index contributed by atoms with van der Waals surface area (Å²) in [6.45, 7) is 4.86. The van der Waals surface area contributed by atoms with E-state index in [1.165, 1.54) is 11.0 Å². The maximum atomic E-state index is 10.9. The van der Waals surface area contributed by atoms with E-state index in [1.54, 1.807) is 11.6 Å². The lowest BCUT2D eigenvalue weighted by Gasteiger charge is -2.05. The van der Waals surface area contributed by atoms with E-state index in [2.05, 4.69) is 27.3 Å². The van der Waals surface area contributed by atoms with E-state index in [1.807, 2.05) is 0 Å². The molecule has 2 rings (SSSR count). The van der Waals surface area contributed by atoms with Crippen molar-refractivity contribution in [1.29, 1.82) is 0 Å². The second-order valence-electron chi connectivity index (χ2n) is 3.89. The second-order valence-corrected chi connectivity index (χ2v) is 3.89. The van der Waals surface area contributed by atoms with Crippen LogP contribution in [-0.2, 0) is 13.1 Å². The first kappa shape index (κ1) is 12.2. The van der Waals surface area contributed by atoms with E-state index in [0.717, 1.165) is 18.8 Å². The fourth-order valence-corrected chi connectivity index (χ4v) is 1.65. The van der Waals surface area contributed by atoms with Crippen LogP contribution in [0, 0.1) is 6.92 Å². The first-order valence-electron chi connectivity index (χ1n) is 5.63. The van der Waals surface area contributed by atoms with Gasteiger partial charge in [0.1, 0.15) is 18.7 Å². The maximum absolute atomic E-state index is 10.9. The zero-order valence-electron chi connectivity index (χ0n) is 10.2. The molecule has 0 aliphatic rings. The van der Waals surface area contributed by atoms with Gasteiger partial charge in [-0.3, -0.25) is 0 Å². The van der Waals surface area contributed by atoms with Crippen LogP contribution in [0.5, 0.6) is 0 Å². The summed E-state index contributed by atoms with van der Waals surface area (Å²) < 4.78 is 3.29. The van der Waals surface area contributed by atoms with Crippen LogP contribution in [0.1, 0.15) is 35.4 Å². The van der Waals surface area contributed by atoms with Crippen LogP contribution in [0.15, 0.2) is 6.33 Å². The highest BCUT2D eigenvalue weighted by Crippen LogP contribution is 2.06. The Morgan fingerprint density at radius 1 is 1.44 bits per heavy atom. The van der Waals surface area contributed by atoms with E-state index in [-0.39, 0.29) is 5.69 Å². The van der Waals surface area contributed by atoms with Crippen molar-refractivity contribution in [3.05, 3.63) is 23.5 Å². The molecule has 2 aromatic heterocycles. The van der Waals surface area contributed by atoms with E-state index >= 15 is 0 Å². The predicted octanol–water partition coefficient (Wildman–Crippen LogP) is 0.335. The number of carboxylic acids is 1. The van der Waals surface area contributed by atoms with Crippen molar-refractivity contribution in [1.82, 2.24) is 29.8 Å². The number of rotatable bonds is 5. The summed E-state index contributed by atoms with van der Waals surface area (Å²) in [6.07, 6.45) is 2.43. The minimum Gasteiger partial charge on any atom is -0.476 e. The van der Waals surface area contributed by atoms with Gasteiger partial charge in [-0.05, 0) is 13.3 Å². The molecular formula is C10H14N6O2. The van der Waals surface area contributed by atoms with Crippen molar-refractivity contribution >= 4 is 5.97 Å². The summed E-state index contributed by atoms with van der Waals surface area (Å²) in [5.74, 6) is -0.337. The van der Waals surface area contributed by atoms with Crippen molar-refractivity contribution in [3.63, 3.8) is 0 Å². The highest BCUT2D eigenvalue weighted by Gasteiger charge is 2.16. The molecule has 0 fully saturated rings. The molecule has 0 radical (unpaired) electrons. The Hall–Kier alpha value is -2.25. The lowest BCUT2D eigenvalue weighted by Crippen LogP contribution is -2.12. The Balaban J connectivity index is 2.23. The average molecular weight is 250 g/mol. The first-order valence-corrected chi connectivity index (χ1v) is 5.63. The molecule has 0 aromatic carbocycles. The zero-order valence-corrected chi connectivity index (χ0v) is 10.2. The molecule has 18 heavy (non-hydrogen) atoms. The van der Waals surface area contributed by atoms with Gasteiger partial charge in [-0.2, -0.15) is 5.10 Å². The monoisotopic (exact) mass is 250 g/mol. The van der Waals surface area contributed by atoms with E-state index in [4.69, 9.17) is 5.11 Å². The van der Waals surface area contributed by atoms with Crippen LogP contribution in [0.25, 0.3) is 0 Å². The van der Waals surface area contributed by atoms with Gasteiger partial charge < -0.3 is 5.11 Å². The molecule has 0 aliphatic carbocycles. The third kappa shape index (κ3) is 2.22. The summed E-state index contributed by atoms with van der Waals surface area (Å²) in [4.78, 5) is 15.0. The molecule has 0 unspecified atom stereocenters. The first-order chi connectivity index (χ1) is 8.63. The van der Waals surface area contributed by atoms with Crippen molar-refractivity contribution in [2.45, 2.75) is 33.4 Å². The normalized spacial score (nSPS) is 10.8. The average Bonchev–Trinajstić information content (AvgIpc) is 2.89. The standard InChI is InChI=1S/C10H14N6O2/c1-3-4-15-8(11-6-12-15)5-16-7(2)9(10(17)18)13-14-16/h6H,3-5H2,1-2H3,(H,17,18). The molecule has 8 nitrogen and oxygen atoms in total. The summed E-state index contributed by atoms with van der Waals surface area (Å²) in [7, 11) is 0. The lowest BCUT2D eigenvalue weighted by molar-refractivity contribution is 0.0689. The van der Waals surface area contributed by atoms with Crippen molar-refractivity contribution in [2.24, 2.45) is 0 Å². The van der Waals surface area contributed by atoms with Crippen LogP contribution in [0.2, 0.25) is 0 Å². The molecule has 2 heterocycles. The molecule has 0 bridgehead atoms. The number of aromatic nitrogens is 6. The molecule has 1 N–H and O–H groups in total. The van der Waals surface area contributed by atoms with Crippen LogP contribution < -0.4 is 0 Å². The van der Waals surface area contributed by atoms with Crippen LogP contribution in [-0.4, -0.2) is 40.8 Å². The van der Waals surface area contributed by atoms with Crippen LogP contribution >= 0.6 is 0 Å². The van der Waals surface area contributed by atoms with Crippen LogP contribution in [0.3, 0.4) is 0 Å². The largest absolute Gasteiger partial charge is 0.476 e. The third-order valence-electron chi connectivity index (χ3n) is 2.61. The molecule has 0 aliphatic heterocycles. The molecule has 96 valence electrons. The SMILES string of the molecule is CCCn1ncnc1Cn1nnc(C(=O)O)c1C. The van der Waals surface area contributed by atoms with Gasteiger partial charge in [-0.25, -0.2) is 19.1 Å². The number of aromatic carboxylic acids is 1. The van der Waals surface area contributed by atoms with Crippen molar-refractivity contribution in [2.75, 3.05) is 0 Å². The summed E-state index contributed by atoms with van der Waals surface area (Å²) in [5.41, 5.74) is 0.477. The minimum absolute atomic E-state index is 0.0310. The van der Waals surface area contributed by atoms with Gasteiger partial charge in [0, 0.05) is 6.54 Å². The maximum Gasteiger partial charge on any atom is 0.358 e. The van der Waals surface area contributed by atoms with E-state index in [9.17, 15) is 4.79 Å². The topological polar surface area (TPSA) is 98.7 Å². The van der Waals surface area contributed by atoms with Crippen LogP contribution in [0.4, 0.5) is 0 Å². The Morgan fingerprint density at radius 2 is 2.22 bits per heavy atom. The van der Waals surface area contributed by atoms with Gasteiger partial charge >= 0.3 is 5.97 Å². The number of hydrogen-bond acceptors (Lipinski definition) is 5. The molecular weight excluding hydrogens is 236 g/mol. The molecule has 8 heteroatoms. The fourth-order valence-electron chi connectivity index (χ4n) is 1.65. The number of nitrogens with zero attached hydrogens (tertiary/aromatic N) is 6. The smallest absolute Gasteiger partial charge is 0.358 e. The number of aryl methyl sites for hydroxylation is 1. The Labute approximate surface area is 103 Å². The minimum atomic E-state index is -1.08. The second kappa shape index (κ2) is 4.94. The van der Waals surface area contributed by atoms with Crippen molar-refractivity contribution in [3.8, 4) is 0 Å². The highest BCUT2D eigenvalue weighted by molar-refractivity contribution is 5.86. The number of hydrogen-bond donors (Lipinski definition) is 1. The van der Waals surface area contributed by atoms with Gasteiger partial charge in [0.05, 0.1) is 5.69 Å². The van der Waals surface area contributed by atoms with Gasteiger partial charge in [-0.15, -0.1) is 5.10 Å². The summed E-state index contributed by atoms with van der Waals surface area (Å²) in [5, 5.41) is 20.4. The van der Waals surface area contributed by atoms with Crippen molar-refractivity contribution < 1.29 is 9.90 Å². The molecule has 2 aromatic rings. The van der Waals surface area contributed by atoms with E-state index in [0.29, 0.717) is 12.2 Å². The fraction of sp³-hybridized carbons (Fsp3) is 0.500. The molecule has 0 amide bonds. The Bertz CT molecular complexity index is 558. The van der Waals surface area contributed by atoms with Gasteiger partial charge in [-0.1, -0.05) is 12.1 Å². The highest BCUT2D eigenvalue weighted by atomic mass is 16.4. The predicted molar refractivity (Wildman–Crippen MR) is 61.1 cm³/mol. The van der Waals surface area contributed by atoms with E-state index < -0.39 is 5.97 Å². The molecule has 0 atom stereocenters. The molecule has 0 saturated carbocycles. The lowest BCUT2D eigenvalue weighted by atomic mass is 10.3. The number of carboxylic acid groups (broad SMARTS) is 1. The summed E-state index contributed by atoms with van der Waals surface area (Å²) >= 11 is 0. The Kier molecular flexibility index (Phi) is 3.35. The van der Waals surface area contributed by atoms with Gasteiger partial charge in [0.15, 0.2) is 5.69 Å². The van der Waals surface area contributed by atoms with Gasteiger partial charge in [0.25, 0.3) is 0 Å². The number of carbonyl (C=O) groups is 1. The zero-order chi connectivity index (χ0) is 13.1. The Morgan fingerprint density at radius 3 is 2.83 bits per heavy atom. The third-order valence-corrected chi connectivity index (χ3v) is 2.61. The van der Waals surface area contributed by atoms with Gasteiger partial charge in [0.2, 0.25) is 0 Å². The molecule has 0 saturated heterocycles. The summed E-state index contributed by atoms with van der Waals surface area (Å²) in [6, 6.07) is 0.